The Balaban J connectivity index is 1.53. The van der Waals surface area contributed by atoms with Gasteiger partial charge in [0.05, 0.1) is 35.8 Å². The van der Waals surface area contributed by atoms with Gasteiger partial charge in [-0.1, -0.05) is 62.4 Å². The maximum Gasteiger partial charge on any atom is 0.338 e. The second kappa shape index (κ2) is 13.5. The van der Waals surface area contributed by atoms with Crippen molar-refractivity contribution in [2.75, 3.05) is 27.9 Å². The summed E-state index contributed by atoms with van der Waals surface area (Å²) >= 11 is 0. The van der Waals surface area contributed by atoms with Gasteiger partial charge in [0.25, 0.3) is 0 Å². The van der Waals surface area contributed by atoms with Crippen molar-refractivity contribution < 1.29 is 53.0 Å². The SMILES string of the molecule is COC1C(=O)[C@]2(C)C(OC)CC3OCC3(O)C2C(OC(=O)c2ccccc2)C2(O)CC(OC(=O)C(OC)C(N)c3ccccc3)C(C)=C1C2(C)C. The van der Waals surface area contributed by atoms with Crippen LogP contribution >= 0.6 is 0 Å². The molecule has 2 aromatic rings. The van der Waals surface area contributed by atoms with Gasteiger partial charge in [-0.05, 0) is 42.7 Å². The van der Waals surface area contributed by atoms with Gasteiger partial charge in [-0.2, -0.15) is 0 Å². The number of ether oxygens (including phenoxy) is 6. The van der Waals surface area contributed by atoms with E-state index in [-0.39, 0.29) is 25.0 Å². The number of ketones is 1. The van der Waals surface area contributed by atoms with Crippen molar-refractivity contribution in [3.05, 3.63) is 82.9 Å². The molecule has 10 unspecified atom stereocenters. The van der Waals surface area contributed by atoms with Crippen LogP contribution in [0, 0.1) is 16.7 Å². The van der Waals surface area contributed by atoms with Gasteiger partial charge >= 0.3 is 11.9 Å². The van der Waals surface area contributed by atoms with Gasteiger partial charge in [0.1, 0.15) is 29.5 Å². The second-order valence-electron chi connectivity index (χ2n) is 15.1. The van der Waals surface area contributed by atoms with Crippen molar-refractivity contribution in [2.45, 2.75) is 94.4 Å². The molecule has 11 atom stereocenters. The molecule has 1 heterocycles. The first kappa shape index (κ1) is 37.3. The molecule has 0 aromatic heterocycles. The average Bonchev–Trinajstić information content (AvgIpc) is 3.11. The van der Waals surface area contributed by atoms with E-state index in [2.05, 4.69) is 0 Å². The lowest BCUT2D eigenvalue weighted by Gasteiger charge is -2.67. The minimum Gasteiger partial charge on any atom is -0.456 e. The number of hydrogen-bond acceptors (Lipinski definition) is 12. The Labute approximate surface area is 298 Å². The zero-order valence-corrected chi connectivity index (χ0v) is 30.2. The summed E-state index contributed by atoms with van der Waals surface area (Å²) in [6, 6.07) is 16.4. The zero-order chi connectivity index (χ0) is 37.1. The van der Waals surface area contributed by atoms with E-state index in [1.165, 1.54) is 21.3 Å². The van der Waals surface area contributed by atoms with E-state index in [0.717, 1.165) is 0 Å². The largest absolute Gasteiger partial charge is 0.456 e. The summed E-state index contributed by atoms with van der Waals surface area (Å²) in [5, 5.41) is 25.9. The molecule has 2 saturated carbocycles. The molecule has 2 bridgehead atoms. The fraction of sp³-hybridized carbons (Fsp3) is 0.564. The van der Waals surface area contributed by atoms with Crippen molar-refractivity contribution in [3.63, 3.8) is 0 Å². The zero-order valence-electron chi connectivity index (χ0n) is 30.2. The molecule has 1 aliphatic heterocycles. The van der Waals surface area contributed by atoms with Gasteiger partial charge in [0, 0.05) is 45.5 Å². The Kier molecular flexibility index (Phi) is 9.86. The third-order valence-corrected chi connectivity index (χ3v) is 12.3. The Morgan fingerprint density at radius 1 is 0.941 bits per heavy atom. The van der Waals surface area contributed by atoms with E-state index in [4.69, 9.17) is 34.2 Å². The topological polar surface area (TPSA) is 173 Å². The third-order valence-electron chi connectivity index (χ3n) is 12.3. The molecular weight excluding hydrogens is 658 g/mol. The lowest BCUT2D eigenvalue weighted by Crippen LogP contribution is -2.81. The number of carbonyl (C=O) groups is 3. The molecule has 4 aliphatic rings. The second-order valence-corrected chi connectivity index (χ2v) is 15.1. The summed E-state index contributed by atoms with van der Waals surface area (Å²) in [7, 11) is 4.23. The average molecular weight is 708 g/mol. The van der Waals surface area contributed by atoms with Crippen molar-refractivity contribution in [1.29, 1.82) is 0 Å². The predicted molar refractivity (Wildman–Crippen MR) is 183 cm³/mol. The first-order chi connectivity index (χ1) is 24.1. The number of benzene rings is 2. The van der Waals surface area contributed by atoms with Crippen LogP contribution in [0.1, 0.15) is 62.5 Å². The molecule has 276 valence electrons. The van der Waals surface area contributed by atoms with Gasteiger partial charge < -0.3 is 44.4 Å². The van der Waals surface area contributed by atoms with Gasteiger partial charge in [-0.3, -0.25) is 4.79 Å². The summed E-state index contributed by atoms with van der Waals surface area (Å²) in [5.41, 5.74) is 1.57. The molecule has 12 heteroatoms. The molecule has 3 fully saturated rings. The number of methoxy groups -OCH3 is 3. The minimum atomic E-state index is -2.06. The number of aliphatic hydroxyl groups is 2. The Morgan fingerprint density at radius 3 is 2.12 bits per heavy atom. The van der Waals surface area contributed by atoms with Crippen molar-refractivity contribution in [2.24, 2.45) is 22.5 Å². The third kappa shape index (κ3) is 5.58. The molecular formula is C39H49NO11. The fourth-order valence-corrected chi connectivity index (χ4v) is 9.33. The van der Waals surface area contributed by atoms with E-state index in [1.54, 1.807) is 82.3 Å². The number of Topliss-reactive ketones (excluding diaryl/α,β-unsaturated/α-hetero) is 1. The quantitative estimate of drug-likeness (QED) is 0.257. The Bertz CT molecular complexity index is 1680. The Morgan fingerprint density at radius 2 is 1.57 bits per heavy atom. The van der Waals surface area contributed by atoms with E-state index in [0.29, 0.717) is 16.7 Å². The van der Waals surface area contributed by atoms with Gasteiger partial charge in [-0.25, -0.2) is 9.59 Å². The summed E-state index contributed by atoms with van der Waals surface area (Å²) in [6.07, 6.45) is -6.80. The molecule has 0 spiro atoms. The standard InChI is InChI=1S/C39H49NO11/c1-21-24(50-35(43)30(48-7)28(40)22-14-10-8-11-15-22)19-39(45)33(51-34(42)23-16-12-9-13-17-23)31-37(4,25(46-5)18-26-38(31,44)20-49-26)32(41)29(47-6)27(21)36(39,2)3/h8-17,24-26,28-31,33,44-45H,18-20,40H2,1-7H3/t24?,25?,26?,28?,29?,30?,31?,33?,37-,38?,39?/m1/s1. The summed E-state index contributed by atoms with van der Waals surface area (Å²) in [6.45, 7) is 6.73. The first-order valence-electron chi connectivity index (χ1n) is 17.3. The number of esters is 2. The number of hydrogen-bond donors (Lipinski definition) is 3. The number of fused-ring (bicyclic) bond motifs is 5. The van der Waals surface area contributed by atoms with Crippen molar-refractivity contribution in [1.82, 2.24) is 0 Å². The highest BCUT2D eigenvalue weighted by Gasteiger charge is 2.76. The van der Waals surface area contributed by atoms with E-state index in [1.807, 2.05) is 6.07 Å². The summed E-state index contributed by atoms with van der Waals surface area (Å²) < 4.78 is 35.9. The molecule has 0 amide bonds. The molecule has 3 aliphatic carbocycles. The molecule has 4 N–H and O–H groups in total. The Hall–Kier alpha value is -3.49. The molecule has 12 nitrogen and oxygen atoms in total. The van der Waals surface area contributed by atoms with Gasteiger partial charge in [0.2, 0.25) is 0 Å². The maximum atomic E-state index is 15.2. The lowest BCUT2D eigenvalue weighted by molar-refractivity contribution is -0.345. The smallest absolute Gasteiger partial charge is 0.338 e. The number of rotatable bonds is 9. The van der Waals surface area contributed by atoms with E-state index < -0.39 is 88.3 Å². The van der Waals surface area contributed by atoms with Crippen LogP contribution in [-0.2, 0) is 38.0 Å². The molecule has 0 radical (unpaired) electrons. The predicted octanol–water partition coefficient (Wildman–Crippen LogP) is 3.09. The van der Waals surface area contributed by atoms with Crippen LogP contribution in [0.15, 0.2) is 71.8 Å². The minimum absolute atomic E-state index is 0.164. The van der Waals surface area contributed by atoms with Crippen LogP contribution in [0.25, 0.3) is 0 Å². The van der Waals surface area contributed by atoms with Crippen LogP contribution in [0.5, 0.6) is 0 Å². The molecule has 1 saturated heterocycles. The van der Waals surface area contributed by atoms with E-state index in [9.17, 15) is 19.8 Å². The van der Waals surface area contributed by atoms with Crippen LogP contribution in [-0.4, -0.2) is 104 Å². The fourth-order valence-electron chi connectivity index (χ4n) is 9.33. The summed E-state index contributed by atoms with van der Waals surface area (Å²) in [5.74, 6) is -3.22. The number of carbonyl (C=O) groups excluding carboxylic acids is 3. The van der Waals surface area contributed by atoms with Crippen LogP contribution in [0.3, 0.4) is 0 Å². The first-order valence-corrected chi connectivity index (χ1v) is 17.3. The number of nitrogens with two attached hydrogens (primary N) is 1. The van der Waals surface area contributed by atoms with E-state index >= 15 is 4.79 Å². The van der Waals surface area contributed by atoms with Crippen LogP contribution in [0.2, 0.25) is 0 Å². The highest BCUT2D eigenvalue weighted by Crippen LogP contribution is 2.64. The highest BCUT2D eigenvalue weighted by atomic mass is 16.6. The van der Waals surface area contributed by atoms with Crippen LogP contribution in [0.4, 0.5) is 0 Å². The maximum absolute atomic E-state index is 15.2. The lowest BCUT2D eigenvalue weighted by atomic mass is 9.44. The van der Waals surface area contributed by atoms with Crippen LogP contribution < -0.4 is 5.73 Å². The van der Waals surface area contributed by atoms with Crippen molar-refractivity contribution in [3.8, 4) is 0 Å². The summed E-state index contributed by atoms with van der Waals surface area (Å²) in [4.78, 5) is 43.1. The molecule has 2 aromatic carbocycles. The monoisotopic (exact) mass is 707 g/mol. The molecule has 51 heavy (non-hydrogen) atoms. The highest BCUT2D eigenvalue weighted by molar-refractivity contribution is 5.94. The van der Waals surface area contributed by atoms with Crippen molar-refractivity contribution >= 4 is 17.7 Å². The normalized spacial score (nSPS) is 36.7. The molecule has 6 rings (SSSR count). The van der Waals surface area contributed by atoms with Gasteiger partial charge in [-0.15, -0.1) is 0 Å². The van der Waals surface area contributed by atoms with Gasteiger partial charge in [0.15, 0.2) is 11.9 Å².